The molecule has 0 amide bonds. The first-order valence-electron chi connectivity index (χ1n) is 9.56. The Morgan fingerprint density at radius 2 is 1.80 bits per heavy atom. The van der Waals surface area contributed by atoms with Crippen molar-refractivity contribution in [1.29, 1.82) is 0 Å². The summed E-state index contributed by atoms with van der Waals surface area (Å²) in [6, 6.07) is 16.4. The second-order valence-corrected chi connectivity index (χ2v) is 11.2. The molecule has 0 saturated heterocycles. The van der Waals surface area contributed by atoms with Gasteiger partial charge in [-0.1, -0.05) is 30.3 Å². The van der Waals surface area contributed by atoms with Crippen molar-refractivity contribution in [3.63, 3.8) is 0 Å². The summed E-state index contributed by atoms with van der Waals surface area (Å²) >= 11 is 0. The summed E-state index contributed by atoms with van der Waals surface area (Å²) in [6.45, 7) is 0.337. The van der Waals surface area contributed by atoms with Crippen molar-refractivity contribution in [1.82, 2.24) is 4.98 Å². The van der Waals surface area contributed by atoms with Crippen LogP contribution in [0.3, 0.4) is 0 Å². The number of fused-ring (bicyclic) bond motifs is 1. The molecule has 156 valence electrons. The number of benzene rings is 2. The van der Waals surface area contributed by atoms with Crippen molar-refractivity contribution < 1.29 is 21.6 Å². The fourth-order valence-electron chi connectivity index (χ4n) is 3.63. The Morgan fingerprint density at radius 1 is 1.00 bits per heavy atom. The minimum absolute atomic E-state index is 0.0387. The highest BCUT2D eigenvalue weighted by Crippen LogP contribution is 2.45. The van der Waals surface area contributed by atoms with Gasteiger partial charge in [-0.2, -0.15) is 0 Å². The summed E-state index contributed by atoms with van der Waals surface area (Å²) in [7, 11) is -7.60. The van der Waals surface area contributed by atoms with Gasteiger partial charge in [0.1, 0.15) is 11.0 Å². The molecule has 0 saturated carbocycles. The lowest BCUT2D eigenvalue weighted by Crippen LogP contribution is -2.16. The Bertz CT molecular complexity index is 1240. The van der Waals surface area contributed by atoms with Gasteiger partial charge in [0.2, 0.25) is 0 Å². The molecule has 0 radical (unpaired) electrons. The summed E-state index contributed by atoms with van der Waals surface area (Å²) in [5, 5.41) is -1.19. The number of nitrogens with zero attached hydrogens (tertiary/aromatic N) is 1. The molecule has 1 unspecified atom stereocenters. The predicted molar refractivity (Wildman–Crippen MR) is 113 cm³/mol. The molecule has 30 heavy (non-hydrogen) atoms. The normalized spacial score (nSPS) is 17.4. The Labute approximate surface area is 176 Å². The zero-order valence-corrected chi connectivity index (χ0v) is 17.8. The van der Waals surface area contributed by atoms with Crippen molar-refractivity contribution in [3.8, 4) is 5.75 Å². The van der Waals surface area contributed by atoms with Crippen LogP contribution in [0.1, 0.15) is 22.8 Å². The lowest BCUT2D eigenvalue weighted by atomic mass is 10.1. The number of rotatable bonds is 7. The van der Waals surface area contributed by atoms with E-state index in [2.05, 4.69) is 4.98 Å². The molecule has 0 fully saturated rings. The predicted octanol–water partition coefficient (Wildman–Crippen LogP) is 3.40. The largest absolute Gasteiger partial charge is 0.493 e. The average molecular weight is 444 g/mol. The van der Waals surface area contributed by atoms with Crippen LogP contribution in [0.4, 0.5) is 0 Å². The first kappa shape index (κ1) is 20.6. The van der Waals surface area contributed by atoms with E-state index in [0.717, 1.165) is 12.0 Å². The standard InChI is InChI=1S/C22H21NO5S2/c24-29(25)16-21(30(26,27)18-9-2-1-3-10-18)22-19(11-4-12-20(22)29)28-14-6-8-17-7-5-13-23-15-17/h1-5,7,9-13,15,21H,6,8,14,16H2. The molecule has 1 aliphatic rings. The van der Waals surface area contributed by atoms with Crippen molar-refractivity contribution >= 4 is 19.7 Å². The molecule has 2 heterocycles. The van der Waals surface area contributed by atoms with E-state index in [1.807, 2.05) is 12.1 Å². The first-order chi connectivity index (χ1) is 14.4. The summed E-state index contributed by atoms with van der Waals surface area (Å²) in [4.78, 5) is 4.22. The molecule has 1 aromatic heterocycles. The molecule has 6 nitrogen and oxygen atoms in total. The number of hydrogen-bond acceptors (Lipinski definition) is 6. The van der Waals surface area contributed by atoms with E-state index in [1.54, 1.807) is 42.7 Å². The molecule has 3 aromatic rings. The number of hydrogen-bond donors (Lipinski definition) is 0. The summed E-state index contributed by atoms with van der Waals surface area (Å²) < 4.78 is 57.7. The highest BCUT2D eigenvalue weighted by molar-refractivity contribution is 7.96. The summed E-state index contributed by atoms with van der Waals surface area (Å²) in [5.41, 5.74) is 1.31. The van der Waals surface area contributed by atoms with E-state index in [0.29, 0.717) is 18.8 Å². The van der Waals surface area contributed by atoms with Crippen LogP contribution in [0.15, 0.2) is 82.8 Å². The first-order valence-corrected chi connectivity index (χ1v) is 12.8. The van der Waals surface area contributed by atoms with Gasteiger partial charge in [-0.15, -0.1) is 0 Å². The zero-order valence-electron chi connectivity index (χ0n) is 16.1. The molecule has 1 aliphatic heterocycles. The number of pyridine rings is 1. The van der Waals surface area contributed by atoms with E-state index in [9.17, 15) is 16.8 Å². The molecule has 1 atom stereocenters. The van der Waals surface area contributed by atoms with Crippen LogP contribution in [0.5, 0.6) is 5.75 Å². The Balaban J connectivity index is 1.61. The highest BCUT2D eigenvalue weighted by atomic mass is 32.2. The zero-order chi connectivity index (χ0) is 21.2. The van der Waals surface area contributed by atoms with Gasteiger partial charge in [-0.3, -0.25) is 4.98 Å². The molecule has 4 rings (SSSR count). The van der Waals surface area contributed by atoms with Crippen LogP contribution >= 0.6 is 0 Å². The van der Waals surface area contributed by atoms with Crippen LogP contribution in [0, 0.1) is 0 Å². The fourth-order valence-corrected chi connectivity index (χ4v) is 7.99. The van der Waals surface area contributed by atoms with Crippen molar-refractivity contribution in [2.75, 3.05) is 12.4 Å². The molecule has 0 spiro atoms. The van der Waals surface area contributed by atoms with Gasteiger partial charge >= 0.3 is 0 Å². The van der Waals surface area contributed by atoms with E-state index < -0.39 is 30.7 Å². The lowest BCUT2D eigenvalue weighted by Gasteiger charge is -2.16. The molecule has 0 N–H and O–H groups in total. The fraction of sp³-hybridized carbons (Fsp3) is 0.227. The van der Waals surface area contributed by atoms with E-state index in [1.165, 1.54) is 18.2 Å². The SMILES string of the molecule is O=S1(=O)CC(S(=O)(=O)c2ccccc2)c2c(OCCCc3cccnc3)cccc21. The average Bonchev–Trinajstić information content (AvgIpc) is 3.05. The number of aryl methyl sites for hydroxylation is 1. The van der Waals surface area contributed by atoms with Gasteiger partial charge in [0.15, 0.2) is 19.7 Å². The number of aromatic nitrogens is 1. The van der Waals surface area contributed by atoms with Crippen molar-refractivity contribution in [2.24, 2.45) is 0 Å². The van der Waals surface area contributed by atoms with E-state index in [-0.39, 0.29) is 15.4 Å². The van der Waals surface area contributed by atoms with Gasteiger partial charge in [0.05, 0.1) is 22.2 Å². The van der Waals surface area contributed by atoms with Gasteiger partial charge in [0, 0.05) is 18.0 Å². The molecular weight excluding hydrogens is 422 g/mol. The van der Waals surface area contributed by atoms with Crippen LogP contribution in [-0.4, -0.2) is 34.2 Å². The van der Waals surface area contributed by atoms with Gasteiger partial charge < -0.3 is 4.74 Å². The molecule has 0 bridgehead atoms. The molecular formula is C22H21NO5S2. The van der Waals surface area contributed by atoms with Crippen molar-refractivity contribution in [2.45, 2.75) is 27.9 Å². The minimum atomic E-state index is -3.89. The van der Waals surface area contributed by atoms with Gasteiger partial charge in [-0.25, -0.2) is 16.8 Å². The third-order valence-corrected chi connectivity index (χ3v) is 9.18. The van der Waals surface area contributed by atoms with Crippen LogP contribution < -0.4 is 4.74 Å². The van der Waals surface area contributed by atoms with Gasteiger partial charge in [0.25, 0.3) is 0 Å². The van der Waals surface area contributed by atoms with E-state index >= 15 is 0 Å². The Kier molecular flexibility index (Phi) is 5.62. The minimum Gasteiger partial charge on any atom is -0.493 e. The van der Waals surface area contributed by atoms with Gasteiger partial charge in [-0.05, 0) is 48.7 Å². The lowest BCUT2D eigenvalue weighted by molar-refractivity contribution is 0.307. The van der Waals surface area contributed by atoms with E-state index in [4.69, 9.17) is 4.74 Å². The van der Waals surface area contributed by atoms with Crippen LogP contribution in [-0.2, 0) is 26.1 Å². The maximum absolute atomic E-state index is 13.2. The quantitative estimate of drug-likeness (QED) is 0.520. The second-order valence-electron chi connectivity index (χ2n) is 7.11. The van der Waals surface area contributed by atoms with Crippen LogP contribution in [0.2, 0.25) is 0 Å². The maximum Gasteiger partial charge on any atom is 0.186 e. The third-order valence-electron chi connectivity index (χ3n) is 5.09. The maximum atomic E-state index is 13.2. The summed E-state index contributed by atoms with van der Waals surface area (Å²) in [6.07, 6.45) is 4.95. The molecule has 0 aliphatic carbocycles. The number of ether oxygens (including phenoxy) is 1. The van der Waals surface area contributed by atoms with Crippen molar-refractivity contribution in [3.05, 3.63) is 84.2 Å². The highest BCUT2D eigenvalue weighted by Gasteiger charge is 2.45. The smallest absolute Gasteiger partial charge is 0.186 e. The number of sulfone groups is 2. The molecule has 8 heteroatoms. The topological polar surface area (TPSA) is 90.4 Å². The van der Waals surface area contributed by atoms with Crippen LogP contribution in [0.25, 0.3) is 0 Å². The Morgan fingerprint density at radius 3 is 2.53 bits per heavy atom. The monoisotopic (exact) mass is 443 g/mol. The summed E-state index contributed by atoms with van der Waals surface area (Å²) in [5.74, 6) is -0.167. The molecule has 2 aromatic carbocycles. The third kappa shape index (κ3) is 3.97. The Hall–Kier alpha value is -2.71. The second kappa shape index (κ2) is 8.20.